The molecule has 5 heterocycles. The first-order valence-corrected chi connectivity index (χ1v) is 11.4. The summed E-state index contributed by atoms with van der Waals surface area (Å²) in [5, 5.41) is 23.4. The normalized spacial score (nSPS) is 18.5. The smallest absolute Gasteiger partial charge is 0.225 e. The molecule has 0 bridgehead atoms. The maximum atomic E-state index is 10.3. The Kier molecular flexibility index (Phi) is 4.83. The summed E-state index contributed by atoms with van der Waals surface area (Å²) in [5.41, 5.74) is 5.54. The summed E-state index contributed by atoms with van der Waals surface area (Å²) in [6, 6.07) is 9.30. The number of aromatic nitrogens is 5. The van der Waals surface area contributed by atoms with Gasteiger partial charge in [0.15, 0.2) is 5.65 Å². The molecule has 1 fully saturated rings. The van der Waals surface area contributed by atoms with Crippen molar-refractivity contribution < 1.29 is 5.11 Å². The van der Waals surface area contributed by atoms with E-state index in [1.807, 2.05) is 30.6 Å². The SMILES string of the molecule is C[C@@H]1c2c([nH]c3nnc(-c4ccccc4O)cc23)CCN1c1ncc(N2CCNCC2)cn1. The number of nitrogens with zero attached hydrogens (tertiary/aromatic N) is 6. The maximum absolute atomic E-state index is 10.3. The highest BCUT2D eigenvalue weighted by Crippen LogP contribution is 2.38. The molecule has 3 aromatic heterocycles. The van der Waals surface area contributed by atoms with Crippen molar-refractivity contribution in [3.05, 3.63) is 54.0 Å². The Hall–Kier alpha value is -3.72. The molecule has 1 aromatic carbocycles. The summed E-state index contributed by atoms with van der Waals surface area (Å²) in [6.07, 6.45) is 4.73. The second-order valence-corrected chi connectivity index (χ2v) is 8.62. The Morgan fingerprint density at radius 3 is 2.61 bits per heavy atom. The van der Waals surface area contributed by atoms with Crippen LogP contribution in [0.3, 0.4) is 0 Å². The molecule has 0 spiro atoms. The Bertz CT molecular complexity index is 1300. The number of phenolic OH excluding ortho intramolecular Hbond substituents is 1. The fraction of sp³-hybridized carbons (Fsp3) is 0.333. The molecule has 33 heavy (non-hydrogen) atoms. The Morgan fingerprint density at radius 2 is 1.82 bits per heavy atom. The van der Waals surface area contributed by atoms with Crippen LogP contribution in [0.1, 0.15) is 24.2 Å². The monoisotopic (exact) mass is 442 g/mol. The fourth-order valence-electron chi connectivity index (χ4n) is 4.96. The van der Waals surface area contributed by atoms with Crippen molar-refractivity contribution in [3.63, 3.8) is 0 Å². The van der Waals surface area contributed by atoms with Crippen molar-refractivity contribution in [3.8, 4) is 17.0 Å². The highest BCUT2D eigenvalue weighted by atomic mass is 16.3. The molecular weight excluding hydrogens is 416 g/mol. The third kappa shape index (κ3) is 3.45. The van der Waals surface area contributed by atoms with Gasteiger partial charge in [-0.3, -0.25) is 0 Å². The zero-order chi connectivity index (χ0) is 22.4. The summed E-state index contributed by atoms with van der Waals surface area (Å²) in [4.78, 5) is 17.5. The predicted octanol–water partition coefficient (Wildman–Crippen LogP) is 2.65. The highest BCUT2D eigenvalue weighted by molar-refractivity contribution is 5.86. The largest absolute Gasteiger partial charge is 0.507 e. The number of hydrogen-bond acceptors (Lipinski definition) is 8. The van der Waals surface area contributed by atoms with Crippen molar-refractivity contribution in [1.29, 1.82) is 0 Å². The van der Waals surface area contributed by atoms with Crippen LogP contribution in [-0.2, 0) is 6.42 Å². The van der Waals surface area contributed by atoms with Crippen molar-refractivity contribution >= 4 is 22.7 Å². The second-order valence-electron chi connectivity index (χ2n) is 8.62. The molecular formula is C24H26N8O. The molecule has 0 radical (unpaired) electrons. The van der Waals surface area contributed by atoms with Crippen LogP contribution in [0.4, 0.5) is 11.6 Å². The molecule has 6 rings (SSSR count). The van der Waals surface area contributed by atoms with Gasteiger partial charge in [-0.2, -0.15) is 0 Å². The van der Waals surface area contributed by atoms with Crippen LogP contribution in [-0.4, -0.2) is 63.0 Å². The highest BCUT2D eigenvalue weighted by Gasteiger charge is 2.30. The van der Waals surface area contributed by atoms with Gasteiger partial charge in [0.2, 0.25) is 5.95 Å². The summed E-state index contributed by atoms with van der Waals surface area (Å²) in [6.45, 7) is 6.93. The minimum absolute atomic E-state index is 0.0777. The summed E-state index contributed by atoms with van der Waals surface area (Å²) >= 11 is 0. The molecule has 0 unspecified atom stereocenters. The summed E-state index contributed by atoms with van der Waals surface area (Å²) in [7, 11) is 0. The zero-order valence-electron chi connectivity index (χ0n) is 18.5. The quantitative estimate of drug-likeness (QED) is 0.445. The number of fused-ring (bicyclic) bond motifs is 3. The lowest BCUT2D eigenvalue weighted by Crippen LogP contribution is -2.43. The molecule has 1 atom stereocenters. The molecule has 2 aliphatic rings. The van der Waals surface area contributed by atoms with E-state index in [0.717, 1.165) is 61.8 Å². The number of H-pyrrole nitrogens is 1. The van der Waals surface area contributed by atoms with Crippen LogP contribution in [0, 0.1) is 0 Å². The van der Waals surface area contributed by atoms with Gasteiger partial charge in [-0.05, 0) is 25.1 Å². The first kappa shape index (κ1) is 19.9. The van der Waals surface area contributed by atoms with Crippen molar-refractivity contribution in [2.45, 2.75) is 19.4 Å². The van der Waals surface area contributed by atoms with E-state index >= 15 is 0 Å². The second kappa shape index (κ2) is 8.00. The van der Waals surface area contributed by atoms with Crippen LogP contribution < -0.4 is 15.1 Å². The number of nitrogens with one attached hydrogen (secondary N) is 2. The van der Waals surface area contributed by atoms with Gasteiger partial charge in [0.25, 0.3) is 0 Å². The zero-order valence-corrected chi connectivity index (χ0v) is 18.5. The van der Waals surface area contributed by atoms with Gasteiger partial charge in [0.05, 0.1) is 29.8 Å². The first-order chi connectivity index (χ1) is 16.2. The minimum atomic E-state index is 0.0777. The number of para-hydroxylation sites is 1. The van der Waals surface area contributed by atoms with Gasteiger partial charge in [-0.15, -0.1) is 10.2 Å². The van der Waals surface area contributed by atoms with E-state index in [1.165, 1.54) is 11.3 Å². The standard InChI is InChI=1S/C24H26N8O/c1-15-22-18-12-20(17-4-2-3-5-21(17)33)29-30-23(18)28-19(22)6-9-32(15)24-26-13-16(14-27-24)31-10-7-25-8-11-31/h2-5,12-15,25,33H,6-11H2,1H3,(H,28,30)/t15-/m1/s1. The maximum Gasteiger partial charge on any atom is 0.225 e. The van der Waals surface area contributed by atoms with Crippen LogP contribution in [0.25, 0.3) is 22.3 Å². The lowest BCUT2D eigenvalue weighted by Gasteiger charge is -2.34. The number of aromatic hydroxyl groups is 1. The van der Waals surface area contributed by atoms with Crippen LogP contribution in [0.15, 0.2) is 42.7 Å². The molecule has 0 saturated carbocycles. The van der Waals surface area contributed by atoms with E-state index in [4.69, 9.17) is 9.97 Å². The first-order valence-electron chi connectivity index (χ1n) is 11.4. The van der Waals surface area contributed by atoms with E-state index in [-0.39, 0.29) is 11.8 Å². The molecule has 0 aliphatic carbocycles. The van der Waals surface area contributed by atoms with Crippen molar-refractivity contribution in [2.24, 2.45) is 0 Å². The molecule has 2 aliphatic heterocycles. The van der Waals surface area contributed by atoms with Gasteiger partial charge in [-0.25, -0.2) is 9.97 Å². The van der Waals surface area contributed by atoms with E-state index in [0.29, 0.717) is 11.3 Å². The van der Waals surface area contributed by atoms with Crippen LogP contribution in [0.5, 0.6) is 5.75 Å². The molecule has 0 amide bonds. The number of aromatic amines is 1. The van der Waals surface area contributed by atoms with Gasteiger partial charge in [0, 0.05) is 61.4 Å². The average molecular weight is 443 g/mol. The third-order valence-corrected chi connectivity index (χ3v) is 6.71. The van der Waals surface area contributed by atoms with Crippen LogP contribution in [0.2, 0.25) is 0 Å². The molecule has 9 nitrogen and oxygen atoms in total. The molecule has 1 saturated heterocycles. The molecule has 168 valence electrons. The lowest BCUT2D eigenvalue weighted by molar-refractivity contribution is 0.477. The van der Waals surface area contributed by atoms with Crippen LogP contribution >= 0.6 is 0 Å². The number of hydrogen-bond donors (Lipinski definition) is 3. The third-order valence-electron chi connectivity index (χ3n) is 6.71. The average Bonchev–Trinajstić information content (AvgIpc) is 3.24. The van der Waals surface area contributed by atoms with Gasteiger partial charge < -0.3 is 25.2 Å². The summed E-state index contributed by atoms with van der Waals surface area (Å²) in [5.74, 6) is 0.938. The van der Waals surface area contributed by atoms with Gasteiger partial charge in [-0.1, -0.05) is 12.1 Å². The van der Waals surface area contributed by atoms with Gasteiger partial charge in [0.1, 0.15) is 5.75 Å². The minimum Gasteiger partial charge on any atom is -0.507 e. The number of phenols is 1. The Morgan fingerprint density at radius 1 is 1.03 bits per heavy atom. The number of anilines is 2. The van der Waals surface area contributed by atoms with Crippen molar-refractivity contribution in [2.75, 3.05) is 42.5 Å². The Labute approximate surface area is 191 Å². The van der Waals surface area contributed by atoms with E-state index in [2.05, 4.69) is 37.2 Å². The number of rotatable bonds is 3. The lowest BCUT2D eigenvalue weighted by atomic mass is 9.97. The van der Waals surface area contributed by atoms with Crippen molar-refractivity contribution in [1.82, 2.24) is 30.5 Å². The fourth-order valence-corrected chi connectivity index (χ4v) is 4.96. The Balaban J connectivity index is 1.33. The van der Waals surface area contributed by atoms with E-state index in [9.17, 15) is 5.11 Å². The topological polar surface area (TPSA) is 106 Å². The predicted molar refractivity (Wildman–Crippen MR) is 128 cm³/mol. The molecule has 4 aromatic rings. The van der Waals surface area contributed by atoms with E-state index in [1.54, 1.807) is 12.1 Å². The van der Waals surface area contributed by atoms with E-state index < -0.39 is 0 Å². The number of piperazine rings is 1. The summed E-state index contributed by atoms with van der Waals surface area (Å²) < 4.78 is 0. The molecule has 9 heteroatoms. The molecule has 3 N–H and O–H groups in total. The van der Waals surface area contributed by atoms with Gasteiger partial charge >= 0.3 is 0 Å². The number of benzene rings is 1.